The number of carbonyl (C=O) groups is 1. The lowest BCUT2D eigenvalue weighted by Gasteiger charge is -2.14. The topological polar surface area (TPSA) is 81.1 Å². The maximum absolute atomic E-state index is 12.0. The van der Waals surface area contributed by atoms with E-state index in [0.29, 0.717) is 11.6 Å². The number of hydrogen-bond acceptors (Lipinski definition) is 4. The number of aromatic nitrogens is 1. The van der Waals surface area contributed by atoms with Gasteiger partial charge in [0.15, 0.2) is 5.69 Å². The molecule has 1 aromatic rings. The van der Waals surface area contributed by atoms with Crippen LogP contribution in [0.5, 0.6) is 0 Å². The first-order chi connectivity index (χ1) is 8.66. The van der Waals surface area contributed by atoms with Crippen molar-refractivity contribution in [2.75, 3.05) is 0 Å². The summed E-state index contributed by atoms with van der Waals surface area (Å²) in [5, 5.41) is 3.03. The Balaban J connectivity index is 1.93. The van der Waals surface area contributed by atoms with Crippen molar-refractivity contribution in [3.05, 3.63) is 17.8 Å². The Morgan fingerprint density at radius 1 is 1.44 bits per heavy atom. The monoisotopic (exact) mass is 251 g/mol. The van der Waals surface area contributed by atoms with Crippen LogP contribution in [0.4, 0.5) is 0 Å². The van der Waals surface area contributed by atoms with E-state index >= 15 is 0 Å². The number of hydrogen-bond donors (Lipinski definition) is 2. The lowest BCUT2D eigenvalue weighted by atomic mass is 10.1. The molecule has 5 nitrogen and oxygen atoms in total. The quantitative estimate of drug-likeness (QED) is 0.806. The van der Waals surface area contributed by atoms with Gasteiger partial charge >= 0.3 is 0 Å². The van der Waals surface area contributed by atoms with Crippen molar-refractivity contribution >= 4 is 5.91 Å². The van der Waals surface area contributed by atoms with Crippen molar-refractivity contribution in [3.8, 4) is 0 Å². The number of nitrogens with zero attached hydrogens (tertiary/aromatic N) is 1. The first-order valence-electron chi connectivity index (χ1n) is 6.68. The van der Waals surface area contributed by atoms with Gasteiger partial charge in [-0.3, -0.25) is 4.79 Å². The van der Waals surface area contributed by atoms with Crippen LogP contribution in [-0.4, -0.2) is 16.9 Å². The molecule has 0 bridgehead atoms. The van der Waals surface area contributed by atoms with Crippen molar-refractivity contribution in [2.45, 2.75) is 57.5 Å². The number of carbonyl (C=O) groups excluding carboxylic acids is 1. The minimum Gasteiger partial charge on any atom is -0.446 e. The van der Waals surface area contributed by atoms with Crippen LogP contribution in [-0.2, 0) is 0 Å². The molecule has 0 aliphatic heterocycles. The lowest BCUT2D eigenvalue weighted by molar-refractivity contribution is 0.0928. The highest BCUT2D eigenvalue weighted by atomic mass is 16.3. The maximum atomic E-state index is 12.0. The summed E-state index contributed by atoms with van der Waals surface area (Å²) >= 11 is 0. The molecule has 1 saturated carbocycles. The van der Waals surface area contributed by atoms with Crippen LogP contribution in [0.3, 0.4) is 0 Å². The Labute approximate surface area is 107 Å². The summed E-state index contributed by atoms with van der Waals surface area (Å²) in [6.45, 7) is 1.78. The molecule has 0 radical (unpaired) electrons. The van der Waals surface area contributed by atoms with E-state index in [2.05, 4.69) is 10.3 Å². The average Bonchev–Trinajstić information content (AvgIpc) is 2.70. The molecule has 0 spiro atoms. The second kappa shape index (κ2) is 6.00. The summed E-state index contributed by atoms with van der Waals surface area (Å²) in [4.78, 5) is 16.1. The van der Waals surface area contributed by atoms with E-state index in [-0.39, 0.29) is 18.0 Å². The van der Waals surface area contributed by atoms with Gasteiger partial charge in [-0.1, -0.05) is 25.7 Å². The van der Waals surface area contributed by atoms with Gasteiger partial charge in [0.1, 0.15) is 6.26 Å². The molecule has 1 heterocycles. The van der Waals surface area contributed by atoms with Crippen LogP contribution in [0.25, 0.3) is 0 Å². The molecule has 3 N–H and O–H groups in total. The van der Waals surface area contributed by atoms with Crippen molar-refractivity contribution < 1.29 is 9.21 Å². The molecule has 5 heteroatoms. The molecule has 1 aliphatic rings. The molecular weight excluding hydrogens is 230 g/mol. The largest absolute Gasteiger partial charge is 0.446 e. The summed E-state index contributed by atoms with van der Waals surface area (Å²) in [6.07, 6.45) is 8.41. The minimum atomic E-state index is -0.288. The summed E-state index contributed by atoms with van der Waals surface area (Å²) in [5.74, 6) is 0.249. The molecule has 1 aromatic heterocycles. The molecule has 1 aliphatic carbocycles. The van der Waals surface area contributed by atoms with Crippen LogP contribution >= 0.6 is 0 Å². The van der Waals surface area contributed by atoms with Crippen LogP contribution < -0.4 is 11.1 Å². The van der Waals surface area contributed by atoms with Gasteiger partial charge in [-0.2, -0.15) is 0 Å². The van der Waals surface area contributed by atoms with Gasteiger partial charge < -0.3 is 15.5 Å². The summed E-state index contributed by atoms with van der Waals surface area (Å²) in [6, 6.07) is -0.0140. The Morgan fingerprint density at radius 2 is 2.11 bits per heavy atom. The molecule has 1 atom stereocenters. The van der Waals surface area contributed by atoms with Crippen LogP contribution in [0.1, 0.15) is 67.9 Å². The number of nitrogens with two attached hydrogens (primary N) is 1. The van der Waals surface area contributed by atoms with Gasteiger partial charge in [0.25, 0.3) is 5.91 Å². The Morgan fingerprint density at radius 3 is 2.67 bits per heavy atom. The summed E-state index contributed by atoms with van der Waals surface area (Å²) in [5.41, 5.74) is 5.97. The fraction of sp³-hybridized carbons (Fsp3) is 0.692. The molecule has 1 fully saturated rings. The maximum Gasteiger partial charge on any atom is 0.273 e. The van der Waals surface area contributed by atoms with Gasteiger partial charge in [-0.25, -0.2) is 4.98 Å². The van der Waals surface area contributed by atoms with E-state index in [1.807, 2.05) is 0 Å². The fourth-order valence-electron chi connectivity index (χ4n) is 2.28. The number of amides is 1. The third-order valence-electron chi connectivity index (χ3n) is 3.33. The molecule has 1 unspecified atom stereocenters. The molecule has 2 rings (SSSR count). The number of rotatable bonds is 3. The predicted octanol–water partition coefficient (Wildman–Crippen LogP) is 2.15. The van der Waals surface area contributed by atoms with Gasteiger partial charge in [0.05, 0.1) is 6.04 Å². The second-order valence-corrected chi connectivity index (χ2v) is 5.02. The van der Waals surface area contributed by atoms with Gasteiger partial charge in [-0.05, 0) is 19.8 Å². The van der Waals surface area contributed by atoms with E-state index in [4.69, 9.17) is 10.2 Å². The standard InChI is InChI=1S/C13H21N3O2/c1-9(14)13-16-11(8-18-13)12(17)15-10-6-4-2-3-5-7-10/h8-10H,2-7,14H2,1H3,(H,15,17). The third kappa shape index (κ3) is 3.32. The average molecular weight is 251 g/mol. The Bertz CT molecular complexity index is 393. The normalized spacial score (nSPS) is 19.2. The van der Waals surface area contributed by atoms with Gasteiger partial charge in [0.2, 0.25) is 5.89 Å². The van der Waals surface area contributed by atoms with Crippen LogP contribution in [0.15, 0.2) is 10.7 Å². The molecular formula is C13H21N3O2. The Hall–Kier alpha value is -1.36. The van der Waals surface area contributed by atoms with Crippen LogP contribution in [0.2, 0.25) is 0 Å². The first kappa shape index (κ1) is 13.1. The molecule has 18 heavy (non-hydrogen) atoms. The van der Waals surface area contributed by atoms with Gasteiger partial charge in [-0.15, -0.1) is 0 Å². The minimum absolute atomic E-state index is 0.155. The zero-order chi connectivity index (χ0) is 13.0. The van der Waals surface area contributed by atoms with E-state index < -0.39 is 0 Å². The first-order valence-corrected chi connectivity index (χ1v) is 6.68. The van der Waals surface area contributed by atoms with E-state index in [9.17, 15) is 4.79 Å². The zero-order valence-corrected chi connectivity index (χ0v) is 10.8. The summed E-state index contributed by atoms with van der Waals surface area (Å²) < 4.78 is 5.16. The smallest absolute Gasteiger partial charge is 0.273 e. The highest BCUT2D eigenvalue weighted by Crippen LogP contribution is 2.17. The zero-order valence-electron chi connectivity index (χ0n) is 10.8. The van der Waals surface area contributed by atoms with Crippen molar-refractivity contribution in [1.29, 1.82) is 0 Å². The van der Waals surface area contributed by atoms with Crippen LogP contribution in [0, 0.1) is 0 Å². The van der Waals surface area contributed by atoms with E-state index in [0.717, 1.165) is 12.8 Å². The van der Waals surface area contributed by atoms with Crippen molar-refractivity contribution in [1.82, 2.24) is 10.3 Å². The molecule has 0 saturated heterocycles. The SMILES string of the molecule is CC(N)c1nc(C(=O)NC2CCCCCC2)co1. The number of oxazole rings is 1. The molecule has 100 valence electrons. The lowest BCUT2D eigenvalue weighted by Crippen LogP contribution is -2.34. The molecule has 1 amide bonds. The van der Waals surface area contributed by atoms with E-state index in [1.54, 1.807) is 6.92 Å². The Kier molecular flexibility index (Phi) is 4.36. The third-order valence-corrected chi connectivity index (χ3v) is 3.33. The molecule has 0 aromatic carbocycles. The highest BCUT2D eigenvalue weighted by Gasteiger charge is 2.19. The predicted molar refractivity (Wildman–Crippen MR) is 68.1 cm³/mol. The number of nitrogens with one attached hydrogen (secondary N) is 1. The van der Waals surface area contributed by atoms with Gasteiger partial charge in [0, 0.05) is 6.04 Å². The fourth-order valence-corrected chi connectivity index (χ4v) is 2.28. The summed E-state index contributed by atoms with van der Waals surface area (Å²) in [7, 11) is 0. The van der Waals surface area contributed by atoms with Crippen molar-refractivity contribution in [2.24, 2.45) is 5.73 Å². The van der Waals surface area contributed by atoms with E-state index in [1.165, 1.54) is 31.9 Å². The highest BCUT2D eigenvalue weighted by molar-refractivity contribution is 5.92. The van der Waals surface area contributed by atoms with Crippen molar-refractivity contribution in [3.63, 3.8) is 0 Å². The second-order valence-electron chi connectivity index (χ2n) is 5.02.